The average molecular weight is 491 g/mol. The van der Waals surface area contributed by atoms with Gasteiger partial charge < -0.3 is 14.9 Å². The van der Waals surface area contributed by atoms with Gasteiger partial charge in [0.25, 0.3) is 15.6 Å². The predicted molar refractivity (Wildman–Crippen MR) is 128 cm³/mol. The van der Waals surface area contributed by atoms with Gasteiger partial charge in [0.1, 0.15) is 0 Å². The molecule has 10 heteroatoms. The Balaban J connectivity index is 1.66. The number of H-pyrrole nitrogens is 1. The van der Waals surface area contributed by atoms with E-state index in [4.69, 9.17) is 0 Å². The zero-order valence-corrected chi connectivity index (χ0v) is 19.2. The van der Waals surface area contributed by atoms with Crippen LogP contribution >= 0.6 is 0 Å². The molecule has 3 aromatic carbocycles. The molecule has 2 heterocycles. The number of nitrogens with zero attached hydrogens (tertiary/aromatic N) is 2. The molecule has 0 fully saturated rings. The molecule has 1 N–H and O–H groups in total. The molecule has 5 rings (SSSR count). The van der Waals surface area contributed by atoms with E-state index in [1.807, 2.05) is 12.1 Å². The van der Waals surface area contributed by atoms with Crippen LogP contribution in [0.2, 0.25) is 0 Å². The van der Waals surface area contributed by atoms with Crippen molar-refractivity contribution in [3.63, 3.8) is 0 Å². The van der Waals surface area contributed by atoms with Crippen LogP contribution in [0.3, 0.4) is 0 Å². The summed E-state index contributed by atoms with van der Waals surface area (Å²) in [6, 6.07) is 17.4. The minimum Gasteiger partial charge on any atom is -0.550 e. The van der Waals surface area contributed by atoms with Crippen molar-refractivity contribution in [1.29, 1.82) is 0 Å². The Hall–Kier alpha value is -4.18. The van der Waals surface area contributed by atoms with Crippen LogP contribution in [0.1, 0.15) is 17.5 Å². The summed E-state index contributed by atoms with van der Waals surface area (Å²) < 4.78 is 29.3. The van der Waals surface area contributed by atoms with E-state index >= 15 is 0 Å². The number of fused-ring (bicyclic) bond motifs is 2. The van der Waals surface area contributed by atoms with Crippen molar-refractivity contribution in [1.82, 2.24) is 9.55 Å². The average Bonchev–Trinajstić information content (AvgIpc) is 2.83. The van der Waals surface area contributed by atoms with E-state index in [2.05, 4.69) is 4.98 Å². The summed E-state index contributed by atoms with van der Waals surface area (Å²) in [5.41, 5.74) is 0.435. The molecule has 178 valence electrons. The number of aliphatic carboxylic acids is 1. The van der Waals surface area contributed by atoms with Crippen LogP contribution in [-0.2, 0) is 27.7 Å². The summed E-state index contributed by atoms with van der Waals surface area (Å²) in [6.45, 7) is 0.312. The molecule has 0 spiro atoms. The number of hydrogen-bond donors (Lipinski definition) is 1. The van der Waals surface area contributed by atoms with Crippen LogP contribution in [-0.4, -0.2) is 30.5 Å². The quantitative estimate of drug-likeness (QED) is 0.446. The van der Waals surface area contributed by atoms with Gasteiger partial charge >= 0.3 is 5.69 Å². The minimum absolute atomic E-state index is 0.0227. The fourth-order valence-corrected chi connectivity index (χ4v) is 6.11. The Labute approximate surface area is 199 Å². The number of benzene rings is 3. The molecular weight excluding hydrogens is 470 g/mol. The van der Waals surface area contributed by atoms with Gasteiger partial charge in [-0.3, -0.25) is 9.10 Å². The highest BCUT2D eigenvalue weighted by molar-refractivity contribution is 7.92. The molecule has 9 nitrogen and oxygen atoms in total. The largest absolute Gasteiger partial charge is 0.550 e. The molecule has 1 aliphatic heterocycles. The Bertz CT molecular complexity index is 1700. The molecule has 0 radical (unpaired) electrons. The van der Waals surface area contributed by atoms with Gasteiger partial charge in [0.05, 0.1) is 27.2 Å². The normalized spacial score (nSPS) is 13.5. The standard InChI is InChI=1S/C25H21N3O6S/c29-22(30)14-17-7-3-11-20-23(17)24(31)28(25(32)26-20)18-9-4-10-19(15-18)35(33,34)27-13-5-8-16-6-1-2-12-21(16)27/h1-4,6-7,9-12,15H,5,8,13-14H2,(H,26,32)(H,29,30)/p-1. The Morgan fingerprint density at radius 2 is 1.77 bits per heavy atom. The monoisotopic (exact) mass is 490 g/mol. The lowest BCUT2D eigenvalue weighted by molar-refractivity contribution is -0.304. The van der Waals surface area contributed by atoms with E-state index < -0.39 is 33.7 Å². The number of aromatic amines is 1. The summed E-state index contributed by atoms with van der Waals surface area (Å²) in [5, 5.41) is 11.2. The van der Waals surface area contributed by atoms with Gasteiger partial charge in [-0.15, -0.1) is 0 Å². The Morgan fingerprint density at radius 3 is 2.57 bits per heavy atom. The van der Waals surface area contributed by atoms with Crippen LogP contribution in [0, 0.1) is 0 Å². The zero-order valence-electron chi connectivity index (χ0n) is 18.4. The van der Waals surface area contributed by atoms with Gasteiger partial charge in [0.2, 0.25) is 0 Å². The molecule has 0 aliphatic carbocycles. The van der Waals surface area contributed by atoms with Crippen molar-refractivity contribution in [2.75, 3.05) is 10.8 Å². The number of para-hydroxylation sites is 1. The number of carboxylic acids is 1. The van der Waals surface area contributed by atoms with Gasteiger partial charge in [-0.25, -0.2) is 17.8 Å². The van der Waals surface area contributed by atoms with E-state index in [-0.39, 0.29) is 27.0 Å². The van der Waals surface area contributed by atoms with Crippen molar-refractivity contribution in [2.45, 2.75) is 24.2 Å². The fraction of sp³-hybridized carbons (Fsp3) is 0.160. The second kappa shape index (κ2) is 8.55. The zero-order chi connectivity index (χ0) is 24.7. The first-order valence-corrected chi connectivity index (χ1v) is 12.4. The second-order valence-corrected chi connectivity index (χ2v) is 10.1. The van der Waals surface area contributed by atoms with Crippen LogP contribution in [0.4, 0.5) is 5.69 Å². The predicted octanol–water partition coefficient (Wildman–Crippen LogP) is 1.11. The van der Waals surface area contributed by atoms with E-state index in [0.717, 1.165) is 16.6 Å². The van der Waals surface area contributed by atoms with Gasteiger partial charge in [-0.05, 0) is 54.3 Å². The van der Waals surface area contributed by atoms with Crippen molar-refractivity contribution in [2.24, 2.45) is 0 Å². The van der Waals surface area contributed by atoms with E-state index in [1.54, 1.807) is 12.1 Å². The lowest BCUT2D eigenvalue weighted by Crippen LogP contribution is -2.36. The molecule has 35 heavy (non-hydrogen) atoms. The summed E-state index contributed by atoms with van der Waals surface area (Å²) in [7, 11) is -3.98. The third kappa shape index (κ3) is 3.91. The van der Waals surface area contributed by atoms with Crippen LogP contribution in [0.15, 0.2) is 81.2 Å². The van der Waals surface area contributed by atoms with Gasteiger partial charge in [0.15, 0.2) is 0 Å². The molecule has 4 aromatic rings. The van der Waals surface area contributed by atoms with Crippen molar-refractivity contribution in [3.8, 4) is 5.69 Å². The van der Waals surface area contributed by atoms with E-state index in [9.17, 15) is 27.9 Å². The molecule has 0 saturated carbocycles. The molecule has 0 atom stereocenters. The van der Waals surface area contributed by atoms with Gasteiger partial charge in [-0.1, -0.05) is 36.4 Å². The number of rotatable bonds is 5. The summed E-state index contributed by atoms with van der Waals surface area (Å²) in [4.78, 5) is 39.9. The van der Waals surface area contributed by atoms with E-state index in [1.165, 1.54) is 46.8 Å². The fourth-order valence-electron chi connectivity index (χ4n) is 4.53. The Morgan fingerprint density at radius 1 is 1.00 bits per heavy atom. The van der Waals surface area contributed by atoms with Crippen molar-refractivity contribution >= 4 is 32.6 Å². The molecular formula is C25H20N3O6S-. The number of sulfonamides is 1. The minimum atomic E-state index is -3.98. The van der Waals surface area contributed by atoms with Crippen molar-refractivity contribution < 1.29 is 18.3 Å². The molecule has 1 aliphatic rings. The highest BCUT2D eigenvalue weighted by Crippen LogP contribution is 2.32. The lowest BCUT2D eigenvalue weighted by Gasteiger charge is -2.30. The maximum Gasteiger partial charge on any atom is 0.333 e. The maximum absolute atomic E-state index is 13.6. The van der Waals surface area contributed by atoms with Gasteiger partial charge in [0, 0.05) is 18.9 Å². The molecule has 0 amide bonds. The lowest BCUT2D eigenvalue weighted by atomic mass is 10.0. The number of anilines is 1. The number of nitrogens with one attached hydrogen (secondary N) is 1. The second-order valence-electron chi connectivity index (χ2n) is 8.27. The molecule has 0 bridgehead atoms. The third-order valence-corrected chi connectivity index (χ3v) is 7.89. The topological polar surface area (TPSA) is 132 Å². The first-order chi connectivity index (χ1) is 16.8. The number of aromatic nitrogens is 2. The first-order valence-electron chi connectivity index (χ1n) is 11.0. The van der Waals surface area contributed by atoms with Crippen molar-refractivity contribution in [3.05, 3.63) is 98.7 Å². The highest BCUT2D eigenvalue weighted by Gasteiger charge is 2.29. The van der Waals surface area contributed by atoms with Crippen LogP contribution in [0.25, 0.3) is 16.6 Å². The maximum atomic E-state index is 13.6. The van der Waals surface area contributed by atoms with E-state index in [0.29, 0.717) is 18.7 Å². The number of hydrogen-bond acceptors (Lipinski definition) is 6. The smallest absolute Gasteiger partial charge is 0.333 e. The molecule has 0 saturated heterocycles. The first kappa shape index (κ1) is 22.6. The molecule has 0 unspecified atom stereocenters. The van der Waals surface area contributed by atoms with Gasteiger partial charge in [-0.2, -0.15) is 0 Å². The summed E-state index contributed by atoms with van der Waals surface area (Å²) in [6.07, 6.45) is 0.931. The SMILES string of the molecule is O=C([O-])Cc1cccc2[nH]c(=O)n(-c3cccc(S(=O)(=O)N4CCCc5ccccc54)c3)c(=O)c12. The van der Waals surface area contributed by atoms with Crippen LogP contribution in [0.5, 0.6) is 0 Å². The number of carbonyl (C=O) groups excluding carboxylic acids is 1. The highest BCUT2D eigenvalue weighted by atomic mass is 32.2. The Kier molecular flexibility index (Phi) is 5.52. The number of aryl methyl sites for hydroxylation is 1. The number of carbonyl (C=O) groups is 1. The summed E-state index contributed by atoms with van der Waals surface area (Å²) in [5.74, 6) is -1.37. The van der Waals surface area contributed by atoms with Crippen LogP contribution < -0.4 is 20.7 Å². The third-order valence-electron chi connectivity index (χ3n) is 6.08. The molecule has 1 aromatic heterocycles. The number of carboxylic acid groups (broad SMARTS) is 1. The summed E-state index contributed by atoms with van der Waals surface area (Å²) >= 11 is 0.